The van der Waals surface area contributed by atoms with E-state index in [1.807, 2.05) is 44.3 Å². The summed E-state index contributed by atoms with van der Waals surface area (Å²) in [6.07, 6.45) is 3.87. The molecule has 0 atom stereocenters. The maximum Gasteiger partial charge on any atom is 0.272 e. The number of fused-ring (bicyclic) bond motifs is 2. The first-order valence-electron chi connectivity index (χ1n) is 12.7. The molecule has 0 bridgehead atoms. The van der Waals surface area contributed by atoms with Gasteiger partial charge in [0.25, 0.3) is 10.6 Å². The highest BCUT2D eigenvalue weighted by Crippen LogP contribution is 2.46. The number of allylic oxidation sites excluding steroid dienone is 1. The minimum atomic E-state index is -4.27. The van der Waals surface area contributed by atoms with E-state index < -0.39 is 10.1 Å². The third-order valence-corrected chi connectivity index (χ3v) is 11.3. The standard InChI is InChI=1S/C23H19ClN3OS3.C7H8O3S/c1-4-11-27-20(13-19-25(2)15-7-5-6-8-17(15)29-19)31-21(22(27)28)23-26(3)16-12-14(24)9-10-18(16)30-23;1-6-2-4-7(5-3-6)11(8,9)10/h4-10,12-13H,1,11H2,2-3H3;2-5H,1H3,(H,8,9,10)/q+1;/p-1. The minimum absolute atomic E-state index is 0.00756. The van der Waals surface area contributed by atoms with Gasteiger partial charge in [-0.1, -0.05) is 70.6 Å². The Morgan fingerprint density at radius 2 is 1.79 bits per heavy atom. The van der Waals surface area contributed by atoms with E-state index in [2.05, 4.69) is 41.3 Å². The summed E-state index contributed by atoms with van der Waals surface area (Å²) in [5, 5.41) is 2.72. The average molecular weight is 656 g/mol. The molecule has 6 rings (SSSR count). The Labute approximate surface area is 260 Å². The predicted molar refractivity (Wildman–Crippen MR) is 173 cm³/mol. The molecular formula is C30H26ClN3O4S4. The Balaban J connectivity index is 0.000000271. The second kappa shape index (κ2) is 12.2. The third-order valence-electron chi connectivity index (χ3n) is 6.54. The van der Waals surface area contributed by atoms with Gasteiger partial charge in [-0.15, -0.1) is 17.9 Å². The quantitative estimate of drug-likeness (QED) is 0.157. The molecular weight excluding hydrogens is 630 g/mol. The van der Waals surface area contributed by atoms with Gasteiger partial charge < -0.3 is 9.45 Å². The summed E-state index contributed by atoms with van der Waals surface area (Å²) >= 11 is 11.1. The van der Waals surface area contributed by atoms with Crippen LogP contribution in [-0.2, 0) is 23.7 Å². The Morgan fingerprint density at radius 1 is 1.07 bits per heavy atom. The van der Waals surface area contributed by atoms with Crippen molar-refractivity contribution >= 4 is 83.2 Å². The largest absolute Gasteiger partial charge is 0.744 e. The molecule has 0 radical (unpaired) electrons. The Bertz CT molecular complexity index is 2110. The molecule has 5 aromatic rings. The van der Waals surface area contributed by atoms with Crippen LogP contribution in [0.25, 0.3) is 21.3 Å². The maximum atomic E-state index is 13.4. The fourth-order valence-corrected chi connectivity index (χ4v) is 8.52. The van der Waals surface area contributed by atoms with Crippen molar-refractivity contribution in [3.05, 3.63) is 115 Å². The molecule has 42 heavy (non-hydrogen) atoms. The van der Waals surface area contributed by atoms with Gasteiger partial charge in [0, 0.05) is 29.6 Å². The summed E-state index contributed by atoms with van der Waals surface area (Å²) in [4.78, 5) is 16.4. The Hall–Kier alpha value is -3.19. The molecule has 0 spiro atoms. The molecule has 0 fully saturated rings. The van der Waals surface area contributed by atoms with Crippen LogP contribution in [0.4, 0.5) is 5.69 Å². The number of aromatic nitrogens is 2. The molecule has 0 unspecified atom stereocenters. The number of para-hydroxylation sites is 1. The summed E-state index contributed by atoms with van der Waals surface area (Å²) in [7, 11) is -0.226. The lowest BCUT2D eigenvalue weighted by Crippen LogP contribution is -2.34. The number of anilines is 1. The molecule has 0 aliphatic carbocycles. The van der Waals surface area contributed by atoms with Gasteiger partial charge in [-0.3, -0.25) is 9.36 Å². The predicted octanol–water partition coefficient (Wildman–Crippen LogP) is 4.82. The lowest BCUT2D eigenvalue weighted by Gasteiger charge is -2.12. The van der Waals surface area contributed by atoms with Crippen LogP contribution in [0.2, 0.25) is 5.02 Å². The van der Waals surface area contributed by atoms with Crippen LogP contribution in [-0.4, -0.2) is 24.6 Å². The molecule has 12 heteroatoms. The number of thiazole rings is 2. The van der Waals surface area contributed by atoms with Crippen molar-refractivity contribution in [1.29, 1.82) is 0 Å². The lowest BCUT2D eigenvalue weighted by atomic mass is 10.2. The average Bonchev–Trinajstić information content (AvgIpc) is 3.56. The number of hydrogen-bond acceptors (Lipinski definition) is 8. The SMILES string of the molecule is C=CCn1c(=Cc2sc3ccccc3[n+]2C)sc(=C2Sc3ccc(Cl)cc3N2C)c1=O.Cc1ccc(S(=O)(=O)[O-])cc1. The highest BCUT2D eigenvalue weighted by atomic mass is 35.5. The normalized spacial score (nSPS) is 14.6. The van der Waals surface area contributed by atoms with Gasteiger partial charge in [0.2, 0.25) is 5.52 Å². The van der Waals surface area contributed by atoms with E-state index in [0.29, 0.717) is 11.6 Å². The maximum absolute atomic E-state index is 13.4. The molecule has 216 valence electrons. The molecule has 1 aliphatic rings. The second-order valence-electron chi connectivity index (χ2n) is 9.43. The number of hydrogen-bond donors (Lipinski definition) is 0. The number of benzene rings is 3. The van der Waals surface area contributed by atoms with Crippen LogP contribution >= 0.6 is 46.0 Å². The molecule has 3 heterocycles. The summed E-state index contributed by atoms with van der Waals surface area (Å²) in [6.45, 7) is 6.14. The van der Waals surface area contributed by atoms with Gasteiger partial charge >= 0.3 is 0 Å². The number of aryl methyl sites for hydroxylation is 2. The van der Waals surface area contributed by atoms with Crippen molar-refractivity contribution in [2.75, 3.05) is 11.9 Å². The number of rotatable bonds is 4. The lowest BCUT2D eigenvalue weighted by molar-refractivity contribution is -0.642. The molecule has 0 saturated carbocycles. The number of nitrogens with zero attached hydrogens (tertiary/aromatic N) is 3. The number of thioether (sulfide) groups is 1. The van der Waals surface area contributed by atoms with Crippen LogP contribution in [0.5, 0.6) is 0 Å². The Morgan fingerprint density at radius 3 is 2.45 bits per heavy atom. The molecule has 2 aromatic heterocycles. The first-order chi connectivity index (χ1) is 20.0. The van der Waals surface area contributed by atoms with Crippen LogP contribution in [0.15, 0.2) is 94.0 Å². The van der Waals surface area contributed by atoms with Gasteiger partial charge in [-0.05, 0) is 43.3 Å². The monoisotopic (exact) mass is 655 g/mol. The highest BCUT2D eigenvalue weighted by molar-refractivity contribution is 8.08. The van der Waals surface area contributed by atoms with Crippen molar-refractivity contribution in [3.8, 4) is 0 Å². The zero-order chi connectivity index (χ0) is 30.2. The van der Waals surface area contributed by atoms with Gasteiger partial charge in [0.05, 0.1) is 16.7 Å². The Kier molecular flexibility index (Phi) is 8.79. The van der Waals surface area contributed by atoms with Crippen LogP contribution in [0.3, 0.4) is 0 Å². The van der Waals surface area contributed by atoms with Crippen LogP contribution < -0.4 is 24.2 Å². The van der Waals surface area contributed by atoms with E-state index in [-0.39, 0.29) is 10.5 Å². The molecule has 0 saturated heterocycles. The van der Waals surface area contributed by atoms with Gasteiger partial charge in [0.15, 0.2) is 0 Å². The number of halogens is 1. The van der Waals surface area contributed by atoms with Crippen LogP contribution in [0.1, 0.15) is 10.6 Å². The zero-order valence-corrected chi connectivity index (χ0v) is 26.9. The first-order valence-corrected chi connectivity index (χ1v) is 16.9. The molecule has 0 amide bonds. The van der Waals surface area contributed by atoms with Crippen molar-refractivity contribution in [1.82, 2.24) is 4.57 Å². The zero-order valence-electron chi connectivity index (χ0n) is 22.9. The van der Waals surface area contributed by atoms with E-state index >= 15 is 0 Å². The van der Waals surface area contributed by atoms with E-state index in [0.717, 1.165) is 35.4 Å². The smallest absolute Gasteiger partial charge is 0.272 e. The molecule has 1 aliphatic heterocycles. The molecule has 3 aromatic carbocycles. The van der Waals surface area contributed by atoms with Crippen molar-refractivity contribution in [3.63, 3.8) is 0 Å². The van der Waals surface area contributed by atoms with E-state index in [1.54, 1.807) is 45.9 Å². The van der Waals surface area contributed by atoms with Crippen molar-refractivity contribution in [2.45, 2.75) is 23.3 Å². The van der Waals surface area contributed by atoms with E-state index in [9.17, 15) is 17.8 Å². The second-order valence-corrected chi connectivity index (χ2v) is 14.4. The van der Waals surface area contributed by atoms with Crippen molar-refractivity contribution in [2.24, 2.45) is 7.05 Å². The fourth-order valence-electron chi connectivity index (χ4n) is 4.35. The third kappa shape index (κ3) is 6.12. The molecule has 7 nitrogen and oxygen atoms in total. The first kappa shape index (κ1) is 30.3. The molecule has 0 N–H and O–H groups in total. The summed E-state index contributed by atoms with van der Waals surface area (Å²) in [5.74, 6) is 0. The summed E-state index contributed by atoms with van der Waals surface area (Å²) in [6, 6.07) is 19.9. The van der Waals surface area contributed by atoms with E-state index in [1.165, 1.54) is 33.7 Å². The van der Waals surface area contributed by atoms with E-state index in [4.69, 9.17) is 11.6 Å². The van der Waals surface area contributed by atoms with Gasteiger partial charge in [-0.2, -0.15) is 4.57 Å². The van der Waals surface area contributed by atoms with Gasteiger partial charge in [0.1, 0.15) is 36.1 Å². The fraction of sp³-hybridized carbons (Fsp3) is 0.133. The van der Waals surface area contributed by atoms with Gasteiger partial charge in [-0.25, -0.2) is 8.42 Å². The summed E-state index contributed by atoms with van der Waals surface area (Å²) in [5.41, 5.74) is 3.14. The highest BCUT2D eigenvalue weighted by Gasteiger charge is 2.25. The minimum Gasteiger partial charge on any atom is -0.744 e. The van der Waals surface area contributed by atoms with Crippen LogP contribution in [0, 0.1) is 6.92 Å². The summed E-state index contributed by atoms with van der Waals surface area (Å²) < 4.78 is 38.0. The van der Waals surface area contributed by atoms with Crippen molar-refractivity contribution < 1.29 is 17.5 Å². The topological polar surface area (TPSA) is 86.3 Å².